The minimum Gasteiger partial charge on any atom is -0.460 e. The molecule has 1 aliphatic heterocycles. The van der Waals surface area contributed by atoms with E-state index in [9.17, 15) is 9.90 Å². The van der Waals surface area contributed by atoms with E-state index in [1.54, 1.807) is 0 Å². The van der Waals surface area contributed by atoms with Crippen molar-refractivity contribution in [3.8, 4) is 0 Å². The Morgan fingerprint density at radius 1 is 1.46 bits per heavy atom. The molecule has 0 aliphatic carbocycles. The zero-order chi connectivity index (χ0) is 10.1. The van der Waals surface area contributed by atoms with Crippen LogP contribution in [0.15, 0.2) is 0 Å². The SMILES string of the molecule is CC(C)(C)OC(=O)C1CNCC1O. The van der Waals surface area contributed by atoms with E-state index in [0.29, 0.717) is 13.1 Å². The summed E-state index contributed by atoms with van der Waals surface area (Å²) in [7, 11) is 0. The molecule has 1 saturated heterocycles. The third-order valence-electron chi connectivity index (χ3n) is 1.89. The highest BCUT2D eigenvalue weighted by molar-refractivity contribution is 5.74. The minimum absolute atomic E-state index is 0.315. The zero-order valence-corrected chi connectivity index (χ0v) is 8.33. The smallest absolute Gasteiger partial charge is 0.313 e. The highest BCUT2D eigenvalue weighted by atomic mass is 16.6. The summed E-state index contributed by atoms with van der Waals surface area (Å²) in [5.41, 5.74) is -0.473. The van der Waals surface area contributed by atoms with Crippen LogP contribution < -0.4 is 5.32 Å². The first kappa shape index (κ1) is 10.5. The van der Waals surface area contributed by atoms with Crippen LogP contribution in [-0.4, -0.2) is 35.9 Å². The van der Waals surface area contributed by atoms with E-state index in [2.05, 4.69) is 5.32 Å². The Balaban J connectivity index is 2.48. The lowest BCUT2D eigenvalue weighted by molar-refractivity contribution is -0.162. The van der Waals surface area contributed by atoms with Gasteiger partial charge in [0.15, 0.2) is 0 Å². The van der Waals surface area contributed by atoms with Crippen molar-refractivity contribution < 1.29 is 14.6 Å². The van der Waals surface area contributed by atoms with Crippen molar-refractivity contribution in [2.24, 2.45) is 5.92 Å². The highest BCUT2D eigenvalue weighted by Gasteiger charge is 2.34. The van der Waals surface area contributed by atoms with Crippen LogP contribution in [0, 0.1) is 5.92 Å². The number of nitrogens with one attached hydrogen (secondary N) is 1. The first-order valence-electron chi connectivity index (χ1n) is 4.52. The Kier molecular flexibility index (Phi) is 2.93. The number of rotatable bonds is 1. The van der Waals surface area contributed by atoms with Gasteiger partial charge in [0.2, 0.25) is 0 Å². The number of hydrogen-bond donors (Lipinski definition) is 2. The molecule has 2 unspecified atom stereocenters. The molecule has 0 amide bonds. The number of carbonyl (C=O) groups excluding carboxylic acids is 1. The second-order valence-electron chi connectivity index (χ2n) is 4.37. The zero-order valence-electron chi connectivity index (χ0n) is 8.33. The quantitative estimate of drug-likeness (QED) is 0.563. The van der Waals surface area contributed by atoms with Gasteiger partial charge in [0, 0.05) is 13.1 Å². The fourth-order valence-corrected chi connectivity index (χ4v) is 1.28. The first-order valence-corrected chi connectivity index (χ1v) is 4.52. The number of carbonyl (C=O) groups is 1. The van der Waals surface area contributed by atoms with Gasteiger partial charge in [-0.3, -0.25) is 4.79 Å². The molecule has 13 heavy (non-hydrogen) atoms. The van der Waals surface area contributed by atoms with Gasteiger partial charge in [-0.15, -0.1) is 0 Å². The monoisotopic (exact) mass is 187 g/mol. The van der Waals surface area contributed by atoms with Crippen LogP contribution in [0.2, 0.25) is 0 Å². The van der Waals surface area contributed by atoms with Crippen molar-refractivity contribution in [3.05, 3.63) is 0 Å². The van der Waals surface area contributed by atoms with Gasteiger partial charge >= 0.3 is 5.97 Å². The van der Waals surface area contributed by atoms with Crippen LogP contribution >= 0.6 is 0 Å². The molecule has 2 N–H and O–H groups in total. The van der Waals surface area contributed by atoms with E-state index in [0.717, 1.165) is 0 Å². The fourth-order valence-electron chi connectivity index (χ4n) is 1.28. The van der Waals surface area contributed by atoms with Gasteiger partial charge in [0.25, 0.3) is 0 Å². The lowest BCUT2D eigenvalue weighted by Crippen LogP contribution is -2.34. The summed E-state index contributed by atoms with van der Waals surface area (Å²) in [6.45, 7) is 6.44. The van der Waals surface area contributed by atoms with Crippen molar-refractivity contribution >= 4 is 5.97 Å². The Bertz CT molecular complexity index is 198. The predicted octanol–water partition coefficient (Wildman–Crippen LogP) is -0.0916. The standard InChI is InChI=1S/C9H17NO3/c1-9(2,3)13-8(12)6-4-10-5-7(6)11/h6-7,10-11H,4-5H2,1-3H3. The van der Waals surface area contributed by atoms with Gasteiger partial charge in [-0.2, -0.15) is 0 Å². The van der Waals surface area contributed by atoms with Crippen molar-refractivity contribution in [2.45, 2.75) is 32.5 Å². The van der Waals surface area contributed by atoms with Gasteiger partial charge in [0.05, 0.1) is 12.0 Å². The van der Waals surface area contributed by atoms with Crippen molar-refractivity contribution in [3.63, 3.8) is 0 Å². The summed E-state index contributed by atoms with van der Waals surface area (Å²) in [4.78, 5) is 11.4. The topological polar surface area (TPSA) is 58.6 Å². The number of aliphatic hydroxyl groups is 1. The predicted molar refractivity (Wildman–Crippen MR) is 48.2 cm³/mol. The normalized spacial score (nSPS) is 28.9. The van der Waals surface area contributed by atoms with Crippen LogP contribution in [0.3, 0.4) is 0 Å². The first-order chi connectivity index (χ1) is 5.90. The average Bonchev–Trinajstić information content (AvgIpc) is 2.30. The molecule has 0 bridgehead atoms. The average molecular weight is 187 g/mol. The van der Waals surface area contributed by atoms with Crippen LogP contribution in [0.4, 0.5) is 0 Å². The number of ether oxygens (including phenoxy) is 1. The molecule has 0 aromatic carbocycles. The van der Waals surface area contributed by atoms with Crippen molar-refractivity contribution in [1.82, 2.24) is 5.32 Å². The molecule has 4 heteroatoms. The maximum atomic E-state index is 11.4. The third kappa shape index (κ3) is 2.97. The van der Waals surface area contributed by atoms with E-state index in [1.165, 1.54) is 0 Å². The molecular formula is C9H17NO3. The molecule has 1 fully saturated rings. The van der Waals surface area contributed by atoms with Gasteiger partial charge in [0.1, 0.15) is 5.60 Å². The summed E-state index contributed by atoms with van der Waals surface area (Å²) >= 11 is 0. The maximum Gasteiger partial charge on any atom is 0.313 e. The second kappa shape index (κ2) is 3.64. The molecule has 0 aromatic rings. The van der Waals surface area contributed by atoms with Crippen LogP contribution in [0.5, 0.6) is 0 Å². The lowest BCUT2D eigenvalue weighted by Gasteiger charge is -2.22. The maximum absolute atomic E-state index is 11.4. The fraction of sp³-hybridized carbons (Fsp3) is 0.889. The molecule has 4 nitrogen and oxygen atoms in total. The van der Waals surface area contributed by atoms with Gasteiger partial charge in [-0.05, 0) is 20.8 Å². The van der Waals surface area contributed by atoms with Crippen LogP contribution in [-0.2, 0) is 9.53 Å². The summed E-state index contributed by atoms with van der Waals surface area (Å²) in [6.07, 6.45) is -0.602. The Labute approximate surface area is 78.3 Å². The van der Waals surface area contributed by atoms with Crippen LogP contribution in [0.1, 0.15) is 20.8 Å². The molecule has 1 aliphatic rings. The van der Waals surface area contributed by atoms with Crippen molar-refractivity contribution in [1.29, 1.82) is 0 Å². The second-order valence-corrected chi connectivity index (χ2v) is 4.37. The summed E-state index contributed by atoms with van der Waals surface area (Å²) < 4.78 is 5.15. The molecule has 76 valence electrons. The van der Waals surface area contributed by atoms with Gasteiger partial charge in [-0.1, -0.05) is 0 Å². The lowest BCUT2D eigenvalue weighted by atomic mass is 10.1. The largest absolute Gasteiger partial charge is 0.460 e. The molecule has 0 radical (unpaired) electrons. The molecule has 2 atom stereocenters. The van der Waals surface area contributed by atoms with Gasteiger partial charge in [-0.25, -0.2) is 0 Å². The number of β-amino-alcohol motifs (C(OH)–C–C–N with tert-alkyl or cyclic N) is 1. The minimum atomic E-state index is -0.602. The Hall–Kier alpha value is -0.610. The number of esters is 1. The van der Waals surface area contributed by atoms with E-state index in [4.69, 9.17) is 4.74 Å². The molecule has 0 saturated carbocycles. The number of hydrogen-bond acceptors (Lipinski definition) is 4. The Morgan fingerprint density at radius 3 is 2.46 bits per heavy atom. The third-order valence-corrected chi connectivity index (χ3v) is 1.89. The summed E-state index contributed by atoms with van der Waals surface area (Å²) in [5, 5.41) is 12.3. The van der Waals surface area contributed by atoms with Gasteiger partial charge < -0.3 is 15.2 Å². The van der Waals surface area contributed by atoms with Crippen molar-refractivity contribution in [2.75, 3.05) is 13.1 Å². The van der Waals surface area contributed by atoms with Crippen LogP contribution in [0.25, 0.3) is 0 Å². The van der Waals surface area contributed by atoms with E-state index in [1.807, 2.05) is 20.8 Å². The Morgan fingerprint density at radius 2 is 2.08 bits per heavy atom. The molecule has 0 spiro atoms. The van der Waals surface area contributed by atoms with E-state index >= 15 is 0 Å². The highest BCUT2D eigenvalue weighted by Crippen LogP contribution is 2.16. The summed E-state index contributed by atoms with van der Waals surface area (Å²) in [6, 6.07) is 0. The molecule has 1 heterocycles. The van der Waals surface area contributed by atoms with E-state index < -0.39 is 17.6 Å². The number of aliphatic hydroxyl groups excluding tert-OH is 1. The summed E-state index contributed by atoms with van der Waals surface area (Å²) in [5.74, 6) is -0.718. The van der Waals surface area contributed by atoms with E-state index in [-0.39, 0.29) is 5.97 Å². The molecule has 0 aromatic heterocycles. The molecule has 1 rings (SSSR count). The molecular weight excluding hydrogens is 170 g/mol.